The summed E-state index contributed by atoms with van der Waals surface area (Å²) in [5.74, 6) is -0.761. The molecule has 1 aromatic rings. The highest BCUT2D eigenvalue weighted by molar-refractivity contribution is 5.29. The number of benzene rings is 1. The maximum absolute atomic E-state index is 13.0. The molecule has 0 amide bonds. The van der Waals surface area contributed by atoms with Crippen LogP contribution in [-0.2, 0) is 4.74 Å². The molecule has 0 N–H and O–H groups in total. The van der Waals surface area contributed by atoms with E-state index in [0.29, 0.717) is 0 Å². The van der Waals surface area contributed by atoms with Gasteiger partial charge >= 0.3 is 6.18 Å². The van der Waals surface area contributed by atoms with Gasteiger partial charge in [0, 0.05) is 0 Å². The molecule has 0 heterocycles. The zero-order valence-corrected chi connectivity index (χ0v) is 8.47. The lowest BCUT2D eigenvalue weighted by atomic mass is 10.2. The molecule has 0 atom stereocenters. The van der Waals surface area contributed by atoms with Gasteiger partial charge in [0.15, 0.2) is 18.4 Å². The lowest BCUT2D eigenvalue weighted by Crippen LogP contribution is -2.19. The number of halogens is 4. The third-order valence-corrected chi connectivity index (χ3v) is 1.65. The monoisotopic (exact) mass is 238 g/mol. The van der Waals surface area contributed by atoms with Gasteiger partial charge in [0.1, 0.15) is 6.61 Å². The summed E-state index contributed by atoms with van der Waals surface area (Å²) in [5, 5.41) is 0. The molecule has 0 saturated heterocycles. The average Bonchev–Trinajstić information content (AvgIpc) is 2.16. The van der Waals surface area contributed by atoms with Crippen molar-refractivity contribution in [2.45, 2.75) is 13.1 Å². The summed E-state index contributed by atoms with van der Waals surface area (Å²) >= 11 is 0. The van der Waals surface area contributed by atoms with Gasteiger partial charge in [-0.1, -0.05) is 6.07 Å². The summed E-state index contributed by atoms with van der Waals surface area (Å²) in [6, 6.07) is 4.08. The predicted molar refractivity (Wildman–Crippen MR) is 48.6 cm³/mol. The van der Waals surface area contributed by atoms with Crippen molar-refractivity contribution in [3.8, 4) is 5.75 Å². The van der Waals surface area contributed by atoms with E-state index in [0.717, 1.165) is 5.56 Å². The molecule has 0 aliphatic heterocycles. The SMILES string of the molecule is Cc1ccc(F)c(OCOCC(F)(F)F)c1. The van der Waals surface area contributed by atoms with Gasteiger partial charge in [0.2, 0.25) is 0 Å². The first-order chi connectivity index (χ1) is 7.38. The Morgan fingerprint density at radius 1 is 1.25 bits per heavy atom. The normalized spacial score (nSPS) is 11.6. The van der Waals surface area contributed by atoms with Crippen LogP contribution in [0.1, 0.15) is 5.56 Å². The Kier molecular flexibility index (Phi) is 4.12. The van der Waals surface area contributed by atoms with Gasteiger partial charge in [0.05, 0.1) is 0 Å². The Hall–Kier alpha value is -1.30. The third-order valence-electron chi connectivity index (χ3n) is 1.65. The second-order valence-electron chi connectivity index (χ2n) is 3.16. The molecule has 1 aromatic carbocycles. The van der Waals surface area contributed by atoms with Gasteiger partial charge in [-0.05, 0) is 24.6 Å². The van der Waals surface area contributed by atoms with E-state index in [-0.39, 0.29) is 5.75 Å². The standard InChI is InChI=1S/C10H10F4O2/c1-7-2-3-8(11)9(4-7)16-6-15-5-10(12,13)14/h2-4H,5-6H2,1H3. The summed E-state index contributed by atoms with van der Waals surface area (Å²) in [4.78, 5) is 0. The first-order valence-electron chi connectivity index (χ1n) is 4.42. The van der Waals surface area contributed by atoms with Crippen molar-refractivity contribution in [3.63, 3.8) is 0 Å². The van der Waals surface area contributed by atoms with Crippen LogP contribution in [-0.4, -0.2) is 19.6 Å². The fourth-order valence-electron chi connectivity index (χ4n) is 0.984. The number of rotatable bonds is 4. The van der Waals surface area contributed by atoms with Crippen LogP contribution in [0.3, 0.4) is 0 Å². The molecule has 0 saturated carbocycles. The van der Waals surface area contributed by atoms with Crippen LogP contribution >= 0.6 is 0 Å². The molecule has 0 unspecified atom stereocenters. The van der Waals surface area contributed by atoms with Gasteiger partial charge in [0.25, 0.3) is 0 Å². The number of ether oxygens (including phenoxy) is 2. The molecule has 0 aromatic heterocycles. The fraction of sp³-hybridized carbons (Fsp3) is 0.400. The molecule has 16 heavy (non-hydrogen) atoms. The minimum Gasteiger partial charge on any atom is -0.464 e. The molecule has 1 rings (SSSR count). The fourth-order valence-corrected chi connectivity index (χ4v) is 0.984. The second kappa shape index (κ2) is 5.16. The number of hydrogen-bond donors (Lipinski definition) is 0. The van der Waals surface area contributed by atoms with E-state index in [1.807, 2.05) is 0 Å². The minimum atomic E-state index is -4.41. The summed E-state index contributed by atoms with van der Waals surface area (Å²) in [6.07, 6.45) is -4.41. The summed E-state index contributed by atoms with van der Waals surface area (Å²) < 4.78 is 56.9. The molecule has 6 heteroatoms. The third kappa shape index (κ3) is 4.48. The zero-order valence-electron chi connectivity index (χ0n) is 8.47. The molecule has 0 spiro atoms. The highest BCUT2D eigenvalue weighted by atomic mass is 19.4. The van der Waals surface area contributed by atoms with E-state index >= 15 is 0 Å². The quantitative estimate of drug-likeness (QED) is 0.456. The van der Waals surface area contributed by atoms with Crippen LogP contribution < -0.4 is 4.74 Å². The number of alkyl halides is 3. The van der Waals surface area contributed by atoms with Crippen molar-refractivity contribution in [1.82, 2.24) is 0 Å². The Morgan fingerprint density at radius 2 is 1.94 bits per heavy atom. The van der Waals surface area contributed by atoms with E-state index in [1.54, 1.807) is 6.92 Å². The van der Waals surface area contributed by atoms with Crippen LogP contribution in [0.2, 0.25) is 0 Å². The highest BCUT2D eigenvalue weighted by Crippen LogP contribution is 2.19. The lowest BCUT2D eigenvalue weighted by Gasteiger charge is -2.10. The van der Waals surface area contributed by atoms with Gasteiger partial charge in [-0.25, -0.2) is 4.39 Å². The van der Waals surface area contributed by atoms with Crippen molar-refractivity contribution < 1.29 is 27.0 Å². The number of hydrogen-bond acceptors (Lipinski definition) is 2. The van der Waals surface area contributed by atoms with Crippen LogP contribution in [0.25, 0.3) is 0 Å². The molecular weight excluding hydrogens is 228 g/mol. The maximum atomic E-state index is 13.0. The largest absolute Gasteiger partial charge is 0.464 e. The predicted octanol–water partition coefficient (Wildman–Crippen LogP) is 3.05. The molecular formula is C10H10F4O2. The highest BCUT2D eigenvalue weighted by Gasteiger charge is 2.27. The molecule has 0 fully saturated rings. The van der Waals surface area contributed by atoms with E-state index in [9.17, 15) is 17.6 Å². The Labute approximate surface area is 89.8 Å². The van der Waals surface area contributed by atoms with Gasteiger partial charge < -0.3 is 9.47 Å². The maximum Gasteiger partial charge on any atom is 0.411 e. The Balaban J connectivity index is 2.40. The van der Waals surface area contributed by atoms with Crippen molar-refractivity contribution in [1.29, 1.82) is 0 Å². The Bertz CT molecular complexity index is 349. The molecule has 0 aliphatic rings. The van der Waals surface area contributed by atoms with Gasteiger partial charge in [-0.15, -0.1) is 0 Å². The van der Waals surface area contributed by atoms with E-state index in [2.05, 4.69) is 4.74 Å². The van der Waals surface area contributed by atoms with Crippen molar-refractivity contribution in [3.05, 3.63) is 29.6 Å². The van der Waals surface area contributed by atoms with Gasteiger partial charge in [-0.3, -0.25) is 0 Å². The van der Waals surface area contributed by atoms with Crippen LogP contribution in [0.5, 0.6) is 5.75 Å². The number of aryl methyl sites for hydroxylation is 1. The van der Waals surface area contributed by atoms with E-state index < -0.39 is 25.4 Å². The van der Waals surface area contributed by atoms with Crippen LogP contribution in [0.4, 0.5) is 17.6 Å². The summed E-state index contributed by atoms with van der Waals surface area (Å²) in [7, 11) is 0. The topological polar surface area (TPSA) is 18.5 Å². The molecule has 90 valence electrons. The molecule has 0 radical (unpaired) electrons. The van der Waals surface area contributed by atoms with E-state index in [4.69, 9.17) is 4.74 Å². The van der Waals surface area contributed by atoms with Crippen LogP contribution in [0, 0.1) is 12.7 Å². The van der Waals surface area contributed by atoms with Crippen molar-refractivity contribution in [2.24, 2.45) is 0 Å². The van der Waals surface area contributed by atoms with E-state index in [1.165, 1.54) is 18.2 Å². The first-order valence-corrected chi connectivity index (χ1v) is 4.42. The smallest absolute Gasteiger partial charge is 0.411 e. The molecule has 0 aliphatic carbocycles. The first kappa shape index (κ1) is 12.8. The lowest BCUT2D eigenvalue weighted by molar-refractivity contribution is -0.187. The molecule has 2 nitrogen and oxygen atoms in total. The minimum absolute atomic E-state index is 0.123. The summed E-state index contributed by atoms with van der Waals surface area (Å²) in [5.41, 5.74) is 0.743. The Morgan fingerprint density at radius 3 is 2.56 bits per heavy atom. The van der Waals surface area contributed by atoms with Crippen molar-refractivity contribution in [2.75, 3.05) is 13.4 Å². The van der Waals surface area contributed by atoms with Crippen LogP contribution in [0.15, 0.2) is 18.2 Å². The van der Waals surface area contributed by atoms with Gasteiger partial charge in [-0.2, -0.15) is 13.2 Å². The summed E-state index contributed by atoms with van der Waals surface area (Å²) in [6.45, 7) is -0.344. The zero-order chi connectivity index (χ0) is 12.2. The molecule has 0 bridgehead atoms. The van der Waals surface area contributed by atoms with Crippen molar-refractivity contribution >= 4 is 0 Å². The average molecular weight is 238 g/mol. The second-order valence-corrected chi connectivity index (χ2v) is 3.16.